The zero-order valence-corrected chi connectivity index (χ0v) is 9.09. The maximum absolute atomic E-state index is 11.2. The van der Waals surface area contributed by atoms with Crippen LogP contribution >= 0.6 is 0 Å². The molecular formula is C10H16N2O4. The lowest BCUT2D eigenvalue weighted by atomic mass is 10.2. The van der Waals surface area contributed by atoms with Crippen molar-refractivity contribution in [1.29, 1.82) is 0 Å². The number of ether oxygens (including phenoxy) is 1. The van der Waals surface area contributed by atoms with Gasteiger partial charge in [-0.05, 0) is 19.8 Å². The fraction of sp³-hybridized carbons (Fsp3) is 0.700. The largest absolute Gasteiger partial charge is 0.394 e. The molecule has 0 spiro atoms. The summed E-state index contributed by atoms with van der Waals surface area (Å²) in [6.45, 7) is 1.65. The summed E-state index contributed by atoms with van der Waals surface area (Å²) in [5.74, 6) is -0.277. The average molecular weight is 228 g/mol. The van der Waals surface area contributed by atoms with Gasteiger partial charge in [0, 0.05) is 11.8 Å². The van der Waals surface area contributed by atoms with Gasteiger partial charge in [0.1, 0.15) is 6.23 Å². The highest BCUT2D eigenvalue weighted by Gasteiger charge is 2.34. The molecule has 2 aliphatic rings. The molecule has 0 unspecified atom stereocenters. The quantitative estimate of drug-likeness (QED) is 0.570. The Labute approximate surface area is 93.5 Å². The Morgan fingerprint density at radius 2 is 2.38 bits per heavy atom. The van der Waals surface area contributed by atoms with Crippen molar-refractivity contribution in [3.05, 3.63) is 11.8 Å². The molecule has 0 aliphatic carbocycles. The van der Waals surface area contributed by atoms with Gasteiger partial charge in [0.2, 0.25) is 6.35 Å². The molecule has 1 fully saturated rings. The number of hydrogen-bond acceptors (Lipinski definition) is 5. The molecule has 16 heavy (non-hydrogen) atoms. The number of amides is 1. The van der Waals surface area contributed by atoms with Crippen molar-refractivity contribution in [3.63, 3.8) is 0 Å². The highest BCUT2D eigenvalue weighted by molar-refractivity contribution is 5.93. The topological polar surface area (TPSA) is 82.0 Å². The summed E-state index contributed by atoms with van der Waals surface area (Å²) in [5, 5.41) is 21.1. The second-order valence-corrected chi connectivity index (χ2v) is 4.08. The minimum absolute atomic E-state index is 0.0184. The van der Waals surface area contributed by atoms with Crippen LogP contribution in [0.1, 0.15) is 19.8 Å². The van der Waals surface area contributed by atoms with Crippen molar-refractivity contribution in [2.75, 3.05) is 6.61 Å². The van der Waals surface area contributed by atoms with Crippen LogP contribution < -0.4 is 5.32 Å². The summed E-state index contributed by atoms with van der Waals surface area (Å²) in [6.07, 6.45) is 1.55. The lowest BCUT2D eigenvalue weighted by Gasteiger charge is -2.35. The predicted octanol–water partition coefficient (Wildman–Crippen LogP) is -0.905. The van der Waals surface area contributed by atoms with Crippen molar-refractivity contribution >= 4 is 5.91 Å². The van der Waals surface area contributed by atoms with Gasteiger partial charge >= 0.3 is 0 Å². The number of nitrogens with zero attached hydrogens (tertiary/aromatic N) is 1. The van der Waals surface area contributed by atoms with Gasteiger partial charge in [-0.3, -0.25) is 4.79 Å². The van der Waals surface area contributed by atoms with E-state index in [1.807, 2.05) is 0 Å². The number of carbonyl (C=O) groups is 1. The first-order chi connectivity index (χ1) is 7.61. The fourth-order valence-corrected chi connectivity index (χ4v) is 1.94. The molecule has 3 N–H and O–H groups in total. The third-order valence-corrected chi connectivity index (χ3v) is 2.86. The van der Waals surface area contributed by atoms with E-state index in [0.717, 1.165) is 12.8 Å². The van der Waals surface area contributed by atoms with Crippen molar-refractivity contribution in [1.82, 2.24) is 10.2 Å². The van der Waals surface area contributed by atoms with E-state index in [0.29, 0.717) is 5.57 Å². The molecule has 0 aromatic carbocycles. The zero-order valence-electron chi connectivity index (χ0n) is 9.09. The summed E-state index contributed by atoms with van der Waals surface area (Å²) >= 11 is 0. The summed E-state index contributed by atoms with van der Waals surface area (Å²) in [7, 11) is 0. The van der Waals surface area contributed by atoms with Gasteiger partial charge in [0.15, 0.2) is 0 Å². The monoisotopic (exact) mass is 228 g/mol. The minimum atomic E-state index is -1.06. The van der Waals surface area contributed by atoms with E-state index in [9.17, 15) is 9.90 Å². The van der Waals surface area contributed by atoms with Gasteiger partial charge in [-0.2, -0.15) is 0 Å². The van der Waals surface area contributed by atoms with Gasteiger partial charge in [0.25, 0.3) is 5.91 Å². The Morgan fingerprint density at radius 3 is 3.00 bits per heavy atom. The van der Waals surface area contributed by atoms with E-state index >= 15 is 0 Å². The molecule has 3 atom stereocenters. The normalized spacial score (nSPS) is 34.9. The predicted molar refractivity (Wildman–Crippen MR) is 54.7 cm³/mol. The number of carbonyl (C=O) groups excluding carboxylic acids is 1. The number of aliphatic hydroxyl groups is 2. The molecule has 90 valence electrons. The lowest BCUT2D eigenvalue weighted by Crippen LogP contribution is -2.53. The average Bonchev–Trinajstić information content (AvgIpc) is 2.71. The molecular weight excluding hydrogens is 212 g/mol. The van der Waals surface area contributed by atoms with E-state index in [1.165, 1.54) is 0 Å². The Hall–Kier alpha value is -1.11. The van der Waals surface area contributed by atoms with Crippen LogP contribution in [0, 0.1) is 0 Å². The summed E-state index contributed by atoms with van der Waals surface area (Å²) < 4.78 is 5.52. The second kappa shape index (κ2) is 4.40. The van der Waals surface area contributed by atoms with Crippen molar-refractivity contribution in [2.24, 2.45) is 0 Å². The zero-order chi connectivity index (χ0) is 11.7. The highest BCUT2D eigenvalue weighted by Crippen LogP contribution is 2.25. The number of rotatable bonds is 2. The van der Waals surface area contributed by atoms with Crippen LogP contribution in [0.25, 0.3) is 0 Å². The van der Waals surface area contributed by atoms with Crippen LogP contribution in [-0.2, 0) is 9.53 Å². The SMILES string of the molecule is CC1=CN([C@H]2CC[C@@H](CO)O2)[C@@H](O)NC1=O. The first-order valence-corrected chi connectivity index (χ1v) is 5.33. The summed E-state index contributed by atoms with van der Waals surface area (Å²) in [4.78, 5) is 12.8. The number of nitrogens with one attached hydrogen (secondary N) is 1. The van der Waals surface area contributed by atoms with Crippen molar-refractivity contribution in [3.8, 4) is 0 Å². The molecule has 1 saturated heterocycles. The molecule has 6 nitrogen and oxygen atoms in total. The minimum Gasteiger partial charge on any atom is -0.394 e. The lowest BCUT2D eigenvalue weighted by molar-refractivity contribution is -0.142. The van der Waals surface area contributed by atoms with E-state index in [1.54, 1.807) is 18.0 Å². The van der Waals surface area contributed by atoms with E-state index in [2.05, 4.69) is 5.32 Å². The van der Waals surface area contributed by atoms with Crippen LogP contribution in [0.2, 0.25) is 0 Å². The standard InChI is InChI=1S/C10H16N2O4/c1-6-4-12(10(15)11-9(6)14)8-3-2-7(5-13)16-8/h4,7-8,10,13,15H,2-3,5H2,1H3,(H,11,14)/t7-,8+,10-/m0/s1. The molecule has 2 aliphatic heterocycles. The summed E-state index contributed by atoms with van der Waals surface area (Å²) in [5.41, 5.74) is 0.529. The molecule has 0 aromatic rings. The fourth-order valence-electron chi connectivity index (χ4n) is 1.94. The molecule has 2 rings (SSSR count). The smallest absolute Gasteiger partial charge is 0.251 e. The maximum Gasteiger partial charge on any atom is 0.251 e. The van der Waals surface area contributed by atoms with E-state index < -0.39 is 6.35 Å². The van der Waals surface area contributed by atoms with Gasteiger partial charge in [-0.1, -0.05) is 0 Å². The van der Waals surface area contributed by atoms with Crippen molar-refractivity contribution in [2.45, 2.75) is 38.4 Å². The first-order valence-electron chi connectivity index (χ1n) is 5.33. The Bertz CT molecular complexity index is 318. The van der Waals surface area contributed by atoms with Gasteiger partial charge in [0.05, 0.1) is 12.7 Å². The van der Waals surface area contributed by atoms with Gasteiger partial charge in [-0.15, -0.1) is 0 Å². The van der Waals surface area contributed by atoms with E-state index in [4.69, 9.17) is 9.84 Å². The molecule has 0 radical (unpaired) electrons. The third-order valence-electron chi connectivity index (χ3n) is 2.86. The van der Waals surface area contributed by atoms with Gasteiger partial charge < -0.3 is 25.2 Å². The Kier molecular flexibility index (Phi) is 3.13. The molecule has 0 saturated carbocycles. The first kappa shape index (κ1) is 11.4. The van der Waals surface area contributed by atoms with Crippen LogP contribution in [0.5, 0.6) is 0 Å². The maximum atomic E-state index is 11.2. The molecule has 1 amide bonds. The van der Waals surface area contributed by atoms with Crippen LogP contribution in [0.3, 0.4) is 0 Å². The Morgan fingerprint density at radius 1 is 1.62 bits per heavy atom. The molecule has 0 bridgehead atoms. The van der Waals surface area contributed by atoms with Gasteiger partial charge in [-0.25, -0.2) is 0 Å². The number of aliphatic hydroxyl groups excluding tert-OH is 2. The molecule has 2 heterocycles. The second-order valence-electron chi connectivity index (χ2n) is 4.08. The summed E-state index contributed by atoms with van der Waals surface area (Å²) in [6, 6.07) is 0. The molecule has 0 aromatic heterocycles. The highest BCUT2D eigenvalue weighted by atomic mass is 16.5. The van der Waals surface area contributed by atoms with Crippen molar-refractivity contribution < 1.29 is 19.7 Å². The Balaban J connectivity index is 2.07. The van der Waals surface area contributed by atoms with E-state index in [-0.39, 0.29) is 24.8 Å². The van der Waals surface area contributed by atoms with Crippen LogP contribution in [0.15, 0.2) is 11.8 Å². The van der Waals surface area contributed by atoms with Crippen LogP contribution in [-0.4, -0.2) is 46.3 Å². The molecule has 6 heteroatoms. The third kappa shape index (κ3) is 2.04. The van der Waals surface area contributed by atoms with Crippen LogP contribution in [0.4, 0.5) is 0 Å². The number of hydrogen-bond donors (Lipinski definition) is 3.